The third kappa shape index (κ3) is 3.07. The van der Waals surface area contributed by atoms with Crippen LogP contribution < -0.4 is 10.5 Å². The fourth-order valence-electron chi connectivity index (χ4n) is 2.19. The Morgan fingerprint density at radius 2 is 2.29 bits per heavy atom. The van der Waals surface area contributed by atoms with Crippen molar-refractivity contribution in [3.8, 4) is 0 Å². The highest BCUT2D eigenvalue weighted by Gasteiger charge is 2.27. The van der Waals surface area contributed by atoms with Crippen molar-refractivity contribution in [3.63, 3.8) is 0 Å². The summed E-state index contributed by atoms with van der Waals surface area (Å²) in [5.41, 5.74) is 6.35. The molecule has 0 saturated heterocycles. The Hall–Kier alpha value is -0.430. The van der Waals surface area contributed by atoms with Gasteiger partial charge in [0.25, 0.3) is 0 Å². The van der Waals surface area contributed by atoms with Gasteiger partial charge in [-0.15, -0.1) is 11.3 Å². The Kier molecular flexibility index (Phi) is 3.87. The van der Waals surface area contributed by atoms with Gasteiger partial charge in [-0.05, 0) is 42.2 Å². The van der Waals surface area contributed by atoms with Crippen LogP contribution in [0.5, 0.6) is 0 Å². The minimum Gasteiger partial charge on any atom is -0.326 e. The summed E-state index contributed by atoms with van der Waals surface area (Å²) in [4.78, 5) is 0. The second kappa shape index (κ2) is 5.06. The van der Waals surface area contributed by atoms with Crippen LogP contribution in [-0.4, -0.2) is 14.5 Å². The third-order valence-corrected chi connectivity index (χ3v) is 6.16. The molecule has 2 atom stereocenters. The molecule has 2 unspecified atom stereocenters. The number of nitrogens with two attached hydrogens (primary N) is 1. The molecular formula is C11H18N2O2S2. The molecule has 0 aromatic carbocycles. The van der Waals surface area contributed by atoms with E-state index < -0.39 is 10.0 Å². The first-order valence-electron chi connectivity index (χ1n) is 5.81. The van der Waals surface area contributed by atoms with Gasteiger partial charge in [-0.25, -0.2) is 13.1 Å². The van der Waals surface area contributed by atoms with Crippen LogP contribution in [0, 0.1) is 5.92 Å². The fraction of sp³-hybridized carbons (Fsp3) is 0.636. The second-order valence-corrected chi connectivity index (χ2v) is 7.57. The van der Waals surface area contributed by atoms with Crippen molar-refractivity contribution < 1.29 is 8.42 Å². The van der Waals surface area contributed by atoms with Crippen LogP contribution in [0.2, 0.25) is 0 Å². The molecule has 0 amide bonds. The highest BCUT2D eigenvalue weighted by Crippen LogP contribution is 2.27. The number of sulfonamides is 1. The Bertz CT molecular complexity index is 481. The predicted molar refractivity (Wildman–Crippen MR) is 69.3 cm³/mol. The van der Waals surface area contributed by atoms with E-state index in [1.807, 2.05) is 0 Å². The average Bonchev–Trinajstić information content (AvgIpc) is 2.86. The third-order valence-electron chi connectivity index (χ3n) is 3.15. The maximum atomic E-state index is 12.1. The molecule has 1 aromatic rings. The summed E-state index contributed by atoms with van der Waals surface area (Å²) < 4.78 is 27.3. The molecule has 1 fully saturated rings. The molecule has 96 valence electrons. The van der Waals surface area contributed by atoms with Crippen LogP contribution in [0.15, 0.2) is 15.7 Å². The summed E-state index contributed by atoms with van der Waals surface area (Å²) in [5.74, 6) is 0.616. The van der Waals surface area contributed by atoms with E-state index in [2.05, 4.69) is 11.6 Å². The van der Waals surface area contributed by atoms with Gasteiger partial charge in [0.05, 0.1) is 0 Å². The summed E-state index contributed by atoms with van der Waals surface area (Å²) in [6, 6.07) is 1.75. The van der Waals surface area contributed by atoms with E-state index in [-0.39, 0.29) is 6.04 Å². The normalized spacial score (nSPS) is 25.3. The molecule has 1 aromatic heterocycles. The first-order chi connectivity index (χ1) is 8.01. The van der Waals surface area contributed by atoms with Crippen LogP contribution in [0.1, 0.15) is 31.7 Å². The quantitative estimate of drug-likeness (QED) is 0.877. The van der Waals surface area contributed by atoms with Gasteiger partial charge in [-0.2, -0.15) is 0 Å². The zero-order chi connectivity index (χ0) is 12.5. The minimum absolute atomic E-state index is 0.0958. The molecule has 0 radical (unpaired) electrons. The van der Waals surface area contributed by atoms with Crippen LogP contribution in [0.25, 0.3) is 0 Å². The Balaban J connectivity index is 2.08. The minimum atomic E-state index is -3.34. The molecule has 3 N–H and O–H groups in total. The van der Waals surface area contributed by atoms with E-state index in [4.69, 9.17) is 5.73 Å². The van der Waals surface area contributed by atoms with E-state index in [0.29, 0.717) is 16.7 Å². The monoisotopic (exact) mass is 274 g/mol. The fourth-order valence-corrected chi connectivity index (χ4v) is 4.71. The standard InChI is InChI=1S/C11H18N2O2S2/c1-8-2-3-10(4-8)13-17(14,15)11-5-9(6-12)7-16-11/h5,7-8,10,13H,2-4,6,12H2,1H3. The lowest BCUT2D eigenvalue weighted by Crippen LogP contribution is -2.32. The highest BCUT2D eigenvalue weighted by atomic mass is 32.2. The molecule has 0 spiro atoms. The number of rotatable bonds is 4. The summed E-state index contributed by atoms with van der Waals surface area (Å²) >= 11 is 1.23. The Morgan fingerprint density at radius 1 is 1.53 bits per heavy atom. The van der Waals surface area contributed by atoms with Crippen LogP contribution in [0.4, 0.5) is 0 Å². The number of thiophene rings is 1. The number of nitrogens with one attached hydrogen (secondary N) is 1. The topological polar surface area (TPSA) is 72.2 Å². The van der Waals surface area contributed by atoms with Gasteiger partial charge >= 0.3 is 0 Å². The van der Waals surface area contributed by atoms with Gasteiger partial charge in [0.2, 0.25) is 10.0 Å². The molecule has 1 aliphatic rings. The molecule has 4 nitrogen and oxygen atoms in total. The summed E-state index contributed by atoms with van der Waals surface area (Å²) in [6.07, 6.45) is 2.98. The SMILES string of the molecule is CC1CCC(NS(=O)(=O)c2cc(CN)cs2)C1. The summed E-state index contributed by atoms with van der Waals surface area (Å²) in [5, 5.41) is 1.80. The predicted octanol–water partition coefficient (Wildman–Crippen LogP) is 1.67. The van der Waals surface area contributed by atoms with Gasteiger partial charge in [0, 0.05) is 12.6 Å². The van der Waals surface area contributed by atoms with Crippen LogP contribution >= 0.6 is 11.3 Å². The lowest BCUT2D eigenvalue weighted by Gasteiger charge is -2.11. The summed E-state index contributed by atoms with van der Waals surface area (Å²) in [7, 11) is -3.34. The molecule has 2 rings (SSSR count). The van der Waals surface area contributed by atoms with Crippen molar-refractivity contribution in [1.82, 2.24) is 4.72 Å². The second-order valence-electron chi connectivity index (χ2n) is 4.71. The molecule has 0 aliphatic heterocycles. The van der Waals surface area contributed by atoms with Crippen molar-refractivity contribution in [2.24, 2.45) is 11.7 Å². The van der Waals surface area contributed by atoms with Crippen molar-refractivity contribution in [2.75, 3.05) is 0 Å². The smallest absolute Gasteiger partial charge is 0.250 e. The zero-order valence-corrected chi connectivity index (χ0v) is 11.5. The molecule has 1 aliphatic carbocycles. The average molecular weight is 274 g/mol. The first-order valence-corrected chi connectivity index (χ1v) is 8.17. The summed E-state index contributed by atoms with van der Waals surface area (Å²) in [6.45, 7) is 2.54. The van der Waals surface area contributed by atoms with E-state index >= 15 is 0 Å². The van der Waals surface area contributed by atoms with Crippen molar-refractivity contribution in [2.45, 2.75) is 43.0 Å². The molecule has 1 saturated carbocycles. The van der Waals surface area contributed by atoms with Gasteiger partial charge in [0.15, 0.2) is 0 Å². The van der Waals surface area contributed by atoms with Crippen LogP contribution in [-0.2, 0) is 16.6 Å². The molecule has 17 heavy (non-hydrogen) atoms. The maximum Gasteiger partial charge on any atom is 0.250 e. The zero-order valence-electron chi connectivity index (χ0n) is 9.85. The Morgan fingerprint density at radius 3 is 2.82 bits per heavy atom. The van der Waals surface area contributed by atoms with Gasteiger partial charge in [-0.1, -0.05) is 6.92 Å². The lowest BCUT2D eigenvalue weighted by atomic mass is 10.1. The van der Waals surface area contributed by atoms with Gasteiger partial charge in [0.1, 0.15) is 4.21 Å². The van der Waals surface area contributed by atoms with Gasteiger partial charge < -0.3 is 5.73 Å². The van der Waals surface area contributed by atoms with Crippen molar-refractivity contribution in [1.29, 1.82) is 0 Å². The first kappa shape index (κ1) is 13.0. The highest BCUT2D eigenvalue weighted by molar-refractivity contribution is 7.91. The molecular weight excluding hydrogens is 256 g/mol. The maximum absolute atomic E-state index is 12.1. The van der Waals surface area contributed by atoms with E-state index in [0.717, 1.165) is 24.8 Å². The van der Waals surface area contributed by atoms with E-state index in [1.54, 1.807) is 11.4 Å². The Labute approximate surface area is 106 Å². The van der Waals surface area contributed by atoms with Crippen molar-refractivity contribution in [3.05, 3.63) is 17.0 Å². The number of hydrogen-bond donors (Lipinski definition) is 2. The van der Waals surface area contributed by atoms with E-state index in [1.165, 1.54) is 11.3 Å². The van der Waals surface area contributed by atoms with E-state index in [9.17, 15) is 8.42 Å². The van der Waals surface area contributed by atoms with Crippen LogP contribution in [0.3, 0.4) is 0 Å². The molecule has 1 heterocycles. The largest absolute Gasteiger partial charge is 0.326 e. The van der Waals surface area contributed by atoms with Gasteiger partial charge in [-0.3, -0.25) is 0 Å². The molecule has 0 bridgehead atoms. The molecule has 6 heteroatoms. The van der Waals surface area contributed by atoms with Crippen molar-refractivity contribution >= 4 is 21.4 Å². The lowest BCUT2D eigenvalue weighted by molar-refractivity contribution is 0.540. The number of hydrogen-bond acceptors (Lipinski definition) is 4.